The van der Waals surface area contributed by atoms with Gasteiger partial charge >= 0.3 is 0 Å². The van der Waals surface area contributed by atoms with E-state index in [-0.39, 0.29) is 5.41 Å². The smallest absolute Gasteiger partial charge is 0.191 e. The molecule has 0 unspecified atom stereocenters. The highest BCUT2D eigenvalue weighted by Gasteiger charge is 2.37. The molecule has 0 fully saturated rings. The summed E-state index contributed by atoms with van der Waals surface area (Å²) in [6.07, 6.45) is 0. The molecule has 0 radical (unpaired) electrons. The van der Waals surface area contributed by atoms with Crippen molar-refractivity contribution in [2.75, 3.05) is 0 Å². The number of benzene rings is 3. The SMILES string of the molecule is CC1(C)c2ccccc2-c2cccc(-c3nc(I)nc4ccccc34)c21. The van der Waals surface area contributed by atoms with E-state index in [0.717, 1.165) is 20.4 Å². The molecular formula is C23H17IN2. The number of rotatable bonds is 1. The van der Waals surface area contributed by atoms with Gasteiger partial charge in [-0.05, 0) is 28.3 Å². The van der Waals surface area contributed by atoms with Crippen molar-refractivity contribution in [3.05, 3.63) is 81.7 Å². The molecule has 0 saturated carbocycles. The Bertz CT molecular complexity index is 1180. The molecule has 1 heterocycles. The zero-order valence-corrected chi connectivity index (χ0v) is 16.8. The Morgan fingerprint density at radius 2 is 1.42 bits per heavy atom. The zero-order chi connectivity index (χ0) is 17.9. The molecule has 0 atom stereocenters. The van der Waals surface area contributed by atoms with Crippen LogP contribution in [0.3, 0.4) is 0 Å². The largest absolute Gasteiger partial charge is 0.223 e. The molecule has 5 rings (SSSR count). The third-order valence-electron chi connectivity index (χ3n) is 5.41. The van der Waals surface area contributed by atoms with Crippen LogP contribution in [0.1, 0.15) is 25.0 Å². The minimum Gasteiger partial charge on any atom is -0.223 e. The topological polar surface area (TPSA) is 25.8 Å². The van der Waals surface area contributed by atoms with E-state index in [1.807, 2.05) is 6.07 Å². The molecule has 0 aliphatic heterocycles. The van der Waals surface area contributed by atoms with Crippen LogP contribution < -0.4 is 0 Å². The van der Waals surface area contributed by atoms with Crippen LogP contribution in [0.5, 0.6) is 0 Å². The third-order valence-corrected chi connectivity index (χ3v) is 5.89. The maximum Gasteiger partial charge on any atom is 0.191 e. The van der Waals surface area contributed by atoms with Crippen molar-refractivity contribution in [3.8, 4) is 22.4 Å². The van der Waals surface area contributed by atoms with E-state index in [9.17, 15) is 0 Å². The van der Waals surface area contributed by atoms with Crippen molar-refractivity contribution in [2.24, 2.45) is 0 Å². The fourth-order valence-corrected chi connectivity index (χ4v) is 4.80. The molecule has 1 aliphatic rings. The molecule has 2 nitrogen and oxygen atoms in total. The summed E-state index contributed by atoms with van der Waals surface area (Å²) in [6, 6.07) is 23.6. The molecular weight excluding hydrogens is 431 g/mol. The third kappa shape index (κ3) is 2.16. The molecule has 0 amide bonds. The molecule has 0 N–H and O–H groups in total. The van der Waals surface area contributed by atoms with E-state index < -0.39 is 0 Å². The van der Waals surface area contributed by atoms with Gasteiger partial charge in [0.1, 0.15) is 0 Å². The van der Waals surface area contributed by atoms with Crippen molar-refractivity contribution in [1.29, 1.82) is 0 Å². The van der Waals surface area contributed by atoms with Crippen molar-refractivity contribution in [3.63, 3.8) is 0 Å². The maximum atomic E-state index is 4.85. The molecule has 1 aliphatic carbocycles. The lowest BCUT2D eigenvalue weighted by molar-refractivity contribution is 0.662. The predicted octanol–water partition coefficient (Wildman–Crippen LogP) is 6.21. The molecule has 1 aromatic heterocycles. The Labute approximate surface area is 166 Å². The first-order valence-corrected chi connectivity index (χ1v) is 9.81. The molecule has 126 valence electrons. The maximum absolute atomic E-state index is 4.85. The Morgan fingerprint density at radius 3 is 2.31 bits per heavy atom. The number of para-hydroxylation sites is 1. The minimum atomic E-state index is -0.0555. The van der Waals surface area contributed by atoms with Gasteiger partial charge in [-0.25, -0.2) is 9.97 Å². The monoisotopic (exact) mass is 448 g/mol. The Kier molecular flexibility index (Phi) is 3.44. The summed E-state index contributed by atoms with van der Waals surface area (Å²) in [5.74, 6) is 0. The standard InChI is InChI=1S/C23H17IN2/c1-23(2)18-12-5-3-8-14(18)15-10-7-11-17(20(15)23)21-16-9-4-6-13-19(16)25-22(24)26-21/h3-13H,1-2H3. The van der Waals surface area contributed by atoms with Crippen LogP contribution in [-0.2, 0) is 5.41 Å². The Morgan fingerprint density at radius 1 is 0.731 bits per heavy atom. The number of aromatic nitrogens is 2. The first-order chi connectivity index (χ1) is 12.6. The fraction of sp³-hybridized carbons (Fsp3) is 0.130. The van der Waals surface area contributed by atoms with Gasteiger partial charge in [-0.2, -0.15) is 0 Å². The van der Waals surface area contributed by atoms with E-state index >= 15 is 0 Å². The quantitative estimate of drug-likeness (QED) is 0.256. The van der Waals surface area contributed by atoms with Crippen LogP contribution in [0, 0.1) is 3.83 Å². The first-order valence-electron chi connectivity index (χ1n) is 8.73. The van der Waals surface area contributed by atoms with Crippen molar-refractivity contribution < 1.29 is 0 Å². The molecule has 26 heavy (non-hydrogen) atoms. The average molecular weight is 448 g/mol. The molecule has 3 aromatic carbocycles. The van der Waals surface area contributed by atoms with E-state index in [4.69, 9.17) is 4.98 Å². The molecule has 0 spiro atoms. The van der Waals surface area contributed by atoms with Crippen molar-refractivity contribution in [2.45, 2.75) is 19.3 Å². The van der Waals surface area contributed by atoms with Crippen LogP contribution in [0.4, 0.5) is 0 Å². The molecule has 0 bridgehead atoms. The minimum absolute atomic E-state index is 0.0555. The number of nitrogens with zero attached hydrogens (tertiary/aromatic N) is 2. The Hall–Kier alpha value is -2.27. The number of halogens is 1. The van der Waals surface area contributed by atoms with Gasteiger partial charge in [-0.15, -0.1) is 0 Å². The normalized spacial score (nSPS) is 14.3. The summed E-state index contributed by atoms with van der Waals surface area (Å²) in [6.45, 7) is 4.63. The number of hydrogen-bond donors (Lipinski definition) is 0. The van der Waals surface area contributed by atoms with Crippen molar-refractivity contribution >= 4 is 33.5 Å². The van der Waals surface area contributed by atoms with Crippen LogP contribution >= 0.6 is 22.6 Å². The number of hydrogen-bond acceptors (Lipinski definition) is 2. The molecule has 4 aromatic rings. The van der Waals surface area contributed by atoms with Gasteiger partial charge in [0.05, 0.1) is 11.2 Å². The zero-order valence-electron chi connectivity index (χ0n) is 14.6. The summed E-state index contributed by atoms with van der Waals surface area (Å²) >= 11 is 2.22. The second-order valence-electron chi connectivity index (χ2n) is 7.26. The average Bonchev–Trinajstić information content (AvgIpc) is 2.89. The molecule has 3 heteroatoms. The van der Waals surface area contributed by atoms with E-state index in [0.29, 0.717) is 0 Å². The van der Waals surface area contributed by atoms with Crippen LogP contribution in [0.2, 0.25) is 0 Å². The van der Waals surface area contributed by atoms with Crippen molar-refractivity contribution in [1.82, 2.24) is 9.97 Å². The Balaban J connectivity index is 1.89. The lowest BCUT2D eigenvalue weighted by Gasteiger charge is -2.24. The summed E-state index contributed by atoms with van der Waals surface area (Å²) in [5, 5.41) is 1.10. The van der Waals surface area contributed by atoms with E-state index in [2.05, 4.69) is 102 Å². The fourth-order valence-electron chi connectivity index (χ4n) is 4.30. The second kappa shape index (κ2) is 5.61. The van der Waals surface area contributed by atoms with Gasteiger partial charge in [0.2, 0.25) is 0 Å². The summed E-state index contributed by atoms with van der Waals surface area (Å²) in [4.78, 5) is 9.46. The van der Waals surface area contributed by atoms with Crippen LogP contribution in [0.25, 0.3) is 33.3 Å². The first kappa shape index (κ1) is 15.9. The summed E-state index contributed by atoms with van der Waals surface area (Å²) in [7, 11) is 0. The molecule has 0 saturated heterocycles. The van der Waals surface area contributed by atoms with E-state index in [1.165, 1.54) is 27.8 Å². The van der Waals surface area contributed by atoms with E-state index in [1.54, 1.807) is 0 Å². The highest BCUT2D eigenvalue weighted by molar-refractivity contribution is 14.1. The second-order valence-corrected chi connectivity index (χ2v) is 8.22. The van der Waals surface area contributed by atoms with Gasteiger partial charge in [0, 0.05) is 39.0 Å². The van der Waals surface area contributed by atoms with Gasteiger partial charge in [0.15, 0.2) is 3.83 Å². The van der Waals surface area contributed by atoms with Crippen LogP contribution in [0.15, 0.2) is 66.7 Å². The van der Waals surface area contributed by atoms with Gasteiger partial charge in [-0.3, -0.25) is 0 Å². The van der Waals surface area contributed by atoms with Gasteiger partial charge in [0.25, 0.3) is 0 Å². The summed E-state index contributed by atoms with van der Waals surface area (Å²) < 4.78 is 0.780. The lowest BCUT2D eigenvalue weighted by atomic mass is 9.79. The van der Waals surface area contributed by atoms with Gasteiger partial charge < -0.3 is 0 Å². The lowest BCUT2D eigenvalue weighted by Crippen LogP contribution is -2.16. The highest BCUT2D eigenvalue weighted by atomic mass is 127. The van der Waals surface area contributed by atoms with Crippen LogP contribution in [-0.4, -0.2) is 9.97 Å². The highest BCUT2D eigenvalue weighted by Crippen LogP contribution is 2.52. The van der Waals surface area contributed by atoms with Gasteiger partial charge in [-0.1, -0.05) is 74.5 Å². The number of fused-ring (bicyclic) bond motifs is 4. The summed E-state index contributed by atoms with van der Waals surface area (Å²) in [5.41, 5.74) is 8.57. The predicted molar refractivity (Wildman–Crippen MR) is 115 cm³/mol.